The third kappa shape index (κ3) is 22.4. The third-order valence-electron chi connectivity index (χ3n) is 0.607. The summed E-state index contributed by atoms with van der Waals surface area (Å²) in [7, 11) is 0. The van der Waals surface area contributed by atoms with Crippen LogP contribution in [0.5, 0.6) is 0 Å². The van der Waals surface area contributed by atoms with E-state index in [0.29, 0.717) is 0 Å². The predicted molar refractivity (Wildman–Crippen MR) is 54.4 cm³/mol. The van der Waals surface area contributed by atoms with Gasteiger partial charge < -0.3 is 7.43 Å². The first-order valence-electron chi connectivity index (χ1n) is 3.91. The van der Waals surface area contributed by atoms with Gasteiger partial charge in [-0.15, -0.1) is 0 Å². The Bertz CT molecular complexity index is 76.9. The molecule has 0 bridgehead atoms. The second kappa shape index (κ2) is 30.2. The van der Waals surface area contributed by atoms with Crippen molar-refractivity contribution in [3.8, 4) is 0 Å². The van der Waals surface area contributed by atoms with Crippen LogP contribution >= 0.6 is 0 Å². The van der Waals surface area contributed by atoms with E-state index in [-0.39, 0.29) is 40.1 Å². The van der Waals surface area contributed by atoms with Crippen molar-refractivity contribution in [3.05, 3.63) is 43.8 Å². The Morgan fingerprint density at radius 1 is 0.750 bits per heavy atom. The average molecular weight is 241 g/mol. The van der Waals surface area contributed by atoms with Crippen LogP contribution in [-0.2, 0) is 32.7 Å². The molecule has 0 saturated heterocycles. The summed E-state index contributed by atoms with van der Waals surface area (Å²) in [6, 6.07) is 12.5. The summed E-state index contributed by atoms with van der Waals surface area (Å²) < 4.78 is 0. The zero-order chi connectivity index (χ0) is 8.24. The van der Waals surface area contributed by atoms with Crippen LogP contribution in [0.2, 0.25) is 0 Å². The molecule has 0 fully saturated rings. The van der Waals surface area contributed by atoms with Crippen LogP contribution in [0.25, 0.3) is 0 Å². The summed E-state index contributed by atoms with van der Waals surface area (Å²) in [5.74, 6) is 0. The maximum absolute atomic E-state index is 2.89. The van der Waals surface area contributed by atoms with Crippen molar-refractivity contribution in [2.45, 2.75) is 27.7 Å². The van der Waals surface area contributed by atoms with Crippen LogP contribution in [-0.4, -0.2) is 0 Å². The third-order valence-corrected chi connectivity index (χ3v) is 0.607. The van der Waals surface area contributed by atoms with Gasteiger partial charge >= 0.3 is 0 Å². The molecule has 0 unspecified atom stereocenters. The minimum absolute atomic E-state index is 0. The Morgan fingerprint density at radius 3 is 1.17 bits per heavy atom. The molecule has 1 aromatic rings. The van der Waals surface area contributed by atoms with Gasteiger partial charge in [0.05, 0.1) is 0 Å². The fourth-order valence-electron chi connectivity index (χ4n) is 0.342. The normalized spacial score (nSPS) is 5.00. The Labute approximate surface area is 104 Å². The Balaban J connectivity index is -0.0000000480. The molecule has 0 aliphatic carbocycles. The maximum Gasteiger partial charge on any atom is 0 e. The Hall–Kier alpha value is 0.324. The van der Waals surface area contributed by atoms with Gasteiger partial charge in [-0.25, -0.2) is 0 Å². The molecule has 0 aliphatic rings. The van der Waals surface area contributed by atoms with Gasteiger partial charge in [-0.1, -0.05) is 27.7 Å². The summed E-state index contributed by atoms with van der Waals surface area (Å²) >= 11 is 0. The number of rotatable bonds is 0. The van der Waals surface area contributed by atoms with Crippen molar-refractivity contribution in [2.24, 2.45) is 0 Å². The molecule has 0 N–H and O–H groups in total. The molecule has 0 saturated carbocycles. The van der Waals surface area contributed by atoms with Crippen molar-refractivity contribution in [3.63, 3.8) is 0 Å². The van der Waals surface area contributed by atoms with E-state index in [1.54, 1.807) is 0 Å². The van der Waals surface area contributed by atoms with E-state index in [4.69, 9.17) is 0 Å². The number of hydrogen-bond acceptors (Lipinski definition) is 0. The van der Waals surface area contributed by atoms with Gasteiger partial charge in [0.2, 0.25) is 0 Å². The van der Waals surface area contributed by atoms with Crippen molar-refractivity contribution >= 4 is 0 Å². The molecule has 0 nitrogen and oxygen atoms in total. The van der Waals surface area contributed by atoms with Gasteiger partial charge in [0.1, 0.15) is 0 Å². The van der Waals surface area contributed by atoms with Gasteiger partial charge in [-0.05, 0) is 0 Å². The smallest absolute Gasteiger partial charge is 0 e. The van der Waals surface area contributed by atoms with Crippen LogP contribution in [0.1, 0.15) is 27.7 Å². The molecule has 0 atom stereocenters. The first-order valence-corrected chi connectivity index (χ1v) is 3.91. The topological polar surface area (TPSA) is 0 Å². The summed E-state index contributed by atoms with van der Waals surface area (Å²) in [5, 5.41) is 0. The van der Waals surface area contributed by atoms with E-state index in [2.05, 4.69) is 6.07 Å². The fourth-order valence-corrected chi connectivity index (χ4v) is 0.342. The van der Waals surface area contributed by atoms with Crippen molar-refractivity contribution in [1.82, 2.24) is 0 Å². The van der Waals surface area contributed by atoms with Gasteiger partial charge in [0.25, 0.3) is 0 Å². The maximum atomic E-state index is 2.89. The molecule has 69 valence electrons. The van der Waals surface area contributed by atoms with Crippen LogP contribution in [0, 0.1) is 13.5 Å². The Morgan fingerprint density at radius 2 is 1.08 bits per heavy atom. The average Bonchev–Trinajstić information content (AvgIpc) is 2.14. The quantitative estimate of drug-likeness (QED) is 0.602. The fraction of sp³-hybridized carbons (Fsp3) is 0.364. The van der Waals surface area contributed by atoms with Crippen LogP contribution in [0.4, 0.5) is 0 Å². The molecule has 1 heteroatoms. The Kier molecular flexibility index (Phi) is 57.4. The van der Waals surface area contributed by atoms with Crippen molar-refractivity contribution in [2.75, 3.05) is 0 Å². The molecule has 0 aromatic heterocycles. The summed E-state index contributed by atoms with van der Waals surface area (Å²) in [6.07, 6.45) is 0. The van der Waals surface area contributed by atoms with Gasteiger partial charge in [-0.3, -0.25) is 0 Å². The van der Waals surface area contributed by atoms with Gasteiger partial charge in [0.15, 0.2) is 0 Å². The molecule has 1 radical (unpaired) electrons. The molecule has 0 aliphatic heterocycles. The second-order valence-electron chi connectivity index (χ2n) is 1.08. The van der Waals surface area contributed by atoms with Gasteiger partial charge in [0, 0.05) is 32.7 Å². The van der Waals surface area contributed by atoms with Crippen LogP contribution in [0.15, 0.2) is 30.3 Å². The van der Waals surface area contributed by atoms with Crippen LogP contribution in [0.3, 0.4) is 0 Å². The van der Waals surface area contributed by atoms with E-state index in [1.165, 1.54) is 0 Å². The molecule has 0 spiro atoms. The molecule has 1 aromatic carbocycles. The summed E-state index contributed by atoms with van der Waals surface area (Å²) in [4.78, 5) is 0. The summed E-state index contributed by atoms with van der Waals surface area (Å²) in [6.45, 7) is 8.00. The molecular weight excluding hydrogens is 221 g/mol. The van der Waals surface area contributed by atoms with E-state index in [1.807, 2.05) is 58.0 Å². The molecule has 1 rings (SSSR count). The molecular formula is C11H20Y-2. The molecule has 0 amide bonds. The number of hydrogen-bond donors (Lipinski definition) is 0. The first-order chi connectivity index (χ1) is 5.00. The minimum Gasteiger partial charge on any atom is -0.358 e. The predicted octanol–water partition coefficient (Wildman–Crippen LogP) is 3.99. The largest absolute Gasteiger partial charge is 0.358 e. The molecule has 0 heterocycles. The SMILES string of the molecule is CC.CC.[CH3-].[Y].[c-]1ccccc1. The first kappa shape index (κ1) is 22.8. The summed E-state index contributed by atoms with van der Waals surface area (Å²) in [5.41, 5.74) is 0. The van der Waals surface area contributed by atoms with E-state index in [0.717, 1.165) is 0 Å². The van der Waals surface area contributed by atoms with Crippen LogP contribution < -0.4 is 0 Å². The minimum atomic E-state index is 0. The van der Waals surface area contributed by atoms with E-state index >= 15 is 0 Å². The zero-order valence-electron chi connectivity index (χ0n) is 8.96. The van der Waals surface area contributed by atoms with Crippen molar-refractivity contribution in [1.29, 1.82) is 0 Å². The molecule has 12 heavy (non-hydrogen) atoms. The standard InChI is InChI=1S/C6H5.2C2H6.CH3.Y/c1-2-4-6-5-3-1;2*1-2;;/h1-5H;2*1-2H3;1H3;/q-1;;;-1;. The van der Waals surface area contributed by atoms with E-state index < -0.39 is 0 Å². The second-order valence-corrected chi connectivity index (χ2v) is 1.08. The van der Waals surface area contributed by atoms with E-state index in [9.17, 15) is 0 Å². The zero-order valence-corrected chi connectivity index (χ0v) is 11.8. The monoisotopic (exact) mass is 241 g/mol. The van der Waals surface area contributed by atoms with Crippen molar-refractivity contribution < 1.29 is 32.7 Å². The van der Waals surface area contributed by atoms with Gasteiger partial charge in [-0.2, -0.15) is 36.4 Å². The number of benzene rings is 1.